The molecule has 2 aliphatic rings. The van der Waals surface area contributed by atoms with Crippen LogP contribution in [0.2, 0.25) is 0 Å². The highest BCUT2D eigenvalue weighted by atomic mass is 15.2. The highest BCUT2D eigenvalue weighted by Gasteiger charge is 2.29. The third-order valence-corrected chi connectivity index (χ3v) is 5.74. The summed E-state index contributed by atoms with van der Waals surface area (Å²) in [7, 11) is 2.40. The van der Waals surface area contributed by atoms with Crippen molar-refractivity contribution in [2.45, 2.75) is 89.8 Å². The van der Waals surface area contributed by atoms with Crippen molar-refractivity contribution < 1.29 is 0 Å². The van der Waals surface area contributed by atoms with E-state index in [-0.39, 0.29) is 0 Å². The Balaban J connectivity index is 1.73. The molecule has 0 heterocycles. The van der Waals surface area contributed by atoms with Crippen LogP contribution in [0, 0.1) is 5.92 Å². The van der Waals surface area contributed by atoms with Crippen LogP contribution in [0.25, 0.3) is 0 Å². The van der Waals surface area contributed by atoms with Gasteiger partial charge in [0.2, 0.25) is 0 Å². The molecule has 2 saturated carbocycles. The van der Waals surface area contributed by atoms with E-state index in [1.807, 2.05) is 0 Å². The van der Waals surface area contributed by atoms with Crippen LogP contribution >= 0.6 is 0 Å². The summed E-state index contributed by atoms with van der Waals surface area (Å²) in [5, 5.41) is 3.62. The fourth-order valence-electron chi connectivity index (χ4n) is 4.23. The van der Waals surface area contributed by atoms with Gasteiger partial charge >= 0.3 is 0 Å². The lowest BCUT2D eigenvalue weighted by Crippen LogP contribution is -2.46. The van der Waals surface area contributed by atoms with Crippen molar-refractivity contribution in [3.05, 3.63) is 0 Å². The Morgan fingerprint density at radius 3 is 1.84 bits per heavy atom. The molecular formula is C17H34N2. The molecule has 0 bridgehead atoms. The van der Waals surface area contributed by atoms with Crippen molar-refractivity contribution in [2.75, 3.05) is 13.6 Å². The predicted molar refractivity (Wildman–Crippen MR) is 83.5 cm³/mol. The van der Waals surface area contributed by atoms with Crippen molar-refractivity contribution in [3.63, 3.8) is 0 Å². The van der Waals surface area contributed by atoms with Gasteiger partial charge < -0.3 is 10.2 Å². The molecule has 0 radical (unpaired) electrons. The molecule has 0 aromatic heterocycles. The Kier molecular flexibility index (Phi) is 6.15. The third kappa shape index (κ3) is 4.19. The van der Waals surface area contributed by atoms with Crippen LogP contribution in [-0.2, 0) is 0 Å². The lowest BCUT2D eigenvalue weighted by atomic mass is 9.82. The zero-order valence-corrected chi connectivity index (χ0v) is 13.3. The Morgan fingerprint density at radius 1 is 0.842 bits per heavy atom. The molecule has 1 N–H and O–H groups in total. The van der Waals surface area contributed by atoms with Crippen molar-refractivity contribution in [3.8, 4) is 0 Å². The highest BCUT2D eigenvalue weighted by Crippen LogP contribution is 2.32. The zero-order valence-electron chi connectivity index (χ0n) is 13.3. The standard InChI is InChI=1S/C17H34N2/c1-4-14-6-10-16(11-7-14)19(3)17-12-8-15(9-13-17)18-5-2/h14-18H,4-13H2,1-3H3. The van der Waals surface area contributed by atoms with E-state index in [9.17, 15) is 0 Å². The van der Waals surface area contributed by atoms with Gasteiger partial charge in [-0.2, -0.15) is 0 Å². The first-order chi connectivity index (χ1) is 9.24. The average molecular weight is 266 g/mol. The lowest BCUT2D eigenvalue weighted by molar-refractivity contribution is 0.0908. The Bertz CT molecular complexity index is 238. The van der Waals surface area contributed by atoms with E-state index in [0.717, 1.165) is 30.6 Å². The SMILES string of the molecule is CCNC1CCC(N(C)C2CCC(CC)CC2)CC1. The smallest absolute Gasteiger partial charge is 0.00963 e. The van der Waals surface area contributed by atoms with Gasteiger partial charge in [0.15, 0.2) is 0 Å². The summed E-state index contributed by atoms with van der Waals surface area (Å²) in [5.74, 6) is 1.02. The fourth-order valence-corrected chi connectivity index (χ4v) is 4.23. The summed E-state index contributed by atoms with van der Waals surface area (Å²) in [4.78, 5) is 2.74. The van der Waals surface area contributed by atoms with Crippen LogP contribution in [0.15, 0.2) is 0 Å². The largest absolute Gasteiger partial charge is 0.314 e. The summed E-state index contributed by atoms with van der Waals surface area (Å²) in [6.45, 7) is 5.72. The first kappa shape index (κ1) is 15.3. The molecule has 0 unspecified atom stereocenters. The van der Waals surface area contributed by atoms with Gasteiger partial charge in [0, 0.05) is 18.1 Å². The molecule has 2 nitrogen and oxygen atoms in total. The van der Waals surface area contributed by atoms with Crippen LogP contribution in [0.4, 0.5) is 0 Å². The van der Waals surface area contributed by atoms with E-state index in [1.165, 1.54) is 57.8 Å². The van der Waals surface area contributed by atoms with E-state index in [2.05, 4.69) is 31.1 Å². The molecule has 0 amide bonds. The van der Waals surface area contributed by atoms with Crippen LogP contribution in [-0.4, -0.2) is 36.6 Å². The van der Waals surface area contributed by atoms with Crippen LogP contribution in [0.1, 0.15) is 71.6 Å². The molecule has 2 rings (SSSR count). The van der Waals surface area contributed by atoms with Gasteiger partial charge in [-0.3, -0.25) is 0 Å². The second-order valence-corrected chi connectivity index (χ2v) is 6.81. The van der Waals surface area contributed by atoms with E-state index in [0.29, 0.717) is 0 Å². The summed E-state index contributed by atoms with van der Waals surface area (Å²) in [5.41, 5.74) is 0. The van der Waals surface area contributed by atoms with Crippen molar-refractivity contribution in [1.82, 2.24) is 10.2 Å². The van der Waals surface area contributed by atoms with Gasteiger partial charge in [-0.1, -0.05) is 20.3 Å². The molecule has 0 spiro atoms. The van der Waals surface area contributed by atoms with Gasteiger partial charge in [0.1, 0.15) is 0 Å². The fraction of sp³-hybridized carbons (Fsp3) is 1.00. The molecule has 0 saturated heterocycles. The van der Waals surface area contributed by atoms with Crippen molar-refractivity contribution in [1.29, 1.82) is 0 Å². The summed E-state index contributed by atoms with van der Waals surface area (Å²) >= 11 is 0. The molecular weight excluding hydrogens is 232 g/mol. The Labute approximate surface area is 120 Å². The minimum Gasteiger partial charge on any atom is -0.314 e. The van der Waals surface area contributed by atoms with Gasteiger partial charge in [0.05, 0.1) is 0 Å². The van der Waals surface area contributed by atoms with E-state index in [1.54, 1.807) is 0 Å². The minimum atomic E-state index is 0.797. The predicted octanol–water partition coefficient (Wildman–Crippen LogP) is 3.81. The molecule has 2 aliphatic carbocycles. The monoisotopic (exact) mass is 266 g/mol. The van der Waals surface area contributed by atoms with Gasteiger partial charge in [0.25, 0.3) is 0 Å². The lowest BCUT2D eigenvalue weighted by Gasteiger charge is -2.42. The normalized spacial score (nSPS) is 36.6. The van der Waals surface area contributed by atoms with Crippen molar-refractivity contribution in [2.24, 2.45) is 5.92 Å². The van der Waals surface area contributed by atoms with Gasteiger partial charge in [-0.15, -0.1) is 0 Å². The summed E-state index contributed by atoms with van der Waals surface area (Å²) in [6.07, 6.45) is 12.8. The quantitative estimate of drug-likeness (QED) is 0.814. The molecule has 0 aliphatic heterocycles. The first-order valence-electron chi connectivity index (χ1n) is 8.69. The zero-order chi connectivity index (χ0) is 13.7. The van der Waals surface area contributed by atoms with E-state index in [4.69, 9.17) is 0 Å². The summed E-state index contributed by atoms with van der Waals surface area (Å²) < 4.78 is 0. The second-order valence-electron chi connectivity index (χ2n) is 6.81. The maximum Gasteiger partial charge on any atom is 0.00963 e. The molecule has 2 fully saturated rings. The second kappa shape index (κ2) is 7.64. The van der Waals surface area contributed by atoms with Gasteiger partial charge in [-0.05, 0) is 70.9 Å². The molecule has 0 aromatic rings. The number of hydrogen-bond acceptors (Lipinski definition) is 2. The highest BCUT2D eigenvalue weighted by molar-refractivity contribution is 4.86. The van der Waals surface area contributed by atoms with E-state index >= 15 is 0 Å². The first-order valence-corrected chi connectivity index (χ1v) is 8.69. The van der Waals surface area contributed by atoms with Crippen LogP contribution in [0.5, 0.6) is 0 Å². The molecule has 112 valence electrons. The Morgan fingerprint density at radius 2 is 1.37 bits per heavy atom. The Hall–Kier alpha value is -0.0800. The molecule has 0 atom stereocenters. The number of nitrogens with zero attached hydrogens (tertiary/aromatic N) is 1. The summed E-state index contributed by atoms with van der Waals surface area (Å²) in [6, 6.07) is 2.53. The molecule has 2 heteroatoms. The number of hydrogen-bond donors (Lipinski definition) is 1. The maximum atomic E-state index is 3.62. The van der Waals surface area contributed by atoms with E-state index < -0.39 is 0 Å². The van der Waals surface area contributed by atoms with Crippen LogP contribution < -0.4 is 5.32 Å². The van der Waals surface area contributed by atoms with Crippen molar-refractivity contribution >= 4 is 0 Å². The third-order valence-electron chi connectivity index (χ3n) is 5.74. The topological polar surface area (TPSA) is 15.3 Å². The minimum absolute atomic E-state index is 0.797. The number of rotatable bonds is 5. The maximum absolute atomic E-state index is 3.62. The molecule has 0 aromatic carbocycles. The average Bonchev–Trinajstić information content (AvgIpc) is 2.48. The van der Waals surface area contributed by atoms with Crippen LogP contribution in [0.3, 0.4) is 0 Å². The molecule has 19 heavy (non-hydrogen) atoms. The number of nitrogens with one attached hydrogen (secondary N) is 1. The van der Waals surface area contributed by atoms with Gasteiger partial charge in [-0.25, -0.2) is 0 Å².